The van der Waals surface area contributed by atoms with Crippen molar-refractivity contribution in [3.05, 3.63) is 82.7 Å². The molecule has 0 unspecified atom stereocenters. The molecule has 2 heterocycles. The van der Waals surface area contributed by atoms with Crippen molar-refractivity contribution in [1.82, 2.24) is 9.88 Å². The molecule has 1 fully saturated rings. The van der Waals surface area contributed by atoms with Gasteiger partial charge in [0.2, 0.25) is 0 Å². The van der Waals surface area contributed by atoms with Crippen LogP contribution in [0.4, 0.5) is 10.5 Å². The number of benzene rings is 2. The van der Waals surface area contributed by atoms with Crippen molar-refractivity contribution in [1.29, 1.82) is 0 Å². The molecule has 0 radical (unpaired) electrons. The Morgan fingerprint density at radius 3 is 2.47 bits per heavy atom. The number of rotatable bonds is 6. The number of hydrogen-bond acceptors (Lipinski definition) is 4. The Labute approximate surface area is 198 Å². The molecule has 2 aromatic carbocycles. The van der Waals surface area contributed by atoms with Gasteiger partial charge in [-0.25, -0.2) is 9.69 Å². The minimum absolute atomic E-state index is 0.106. The van der Waals surface area contributed by atoms with Gasteiger partial charge in [0, 0.05) is 23.1 Å². The molecular formula is C27H27N3O4. The fourth-order valence-electron chi connectivity index (χ4n) is 4.26. The van der Waals surface area contributed by atoms with E-state index in [1.54, 1.807) is 30.3 Å². The van der Waals surface area contributed by atoms with Gasteiger partial charge in [-0.05, 0) is 68.7 Å². The highest BCUT2D eigenvalue weighted by Gasteiger charge is 2.37. The first kappa shape index (κ1) is 23.0. The SMILES string of the molecule is CCOc1cccc(N2C(=O)NC(=O)/C(=C\c3cc(C)n(-c4ccccc4CC)c3C)C2=O)c1. The summed E-state index contributed by atoms with van der Waals surface area (Å²) >= 11 is 0. The van der Waals surface area contributed by atoms with E-state index in [-0.39, 0.29) is 5.57 Å². The second kappa shape index (κ2) is 9.39. The zero-order valence-electron chi connectivity index (χ0n) is 19.7. The van der Waals surface area contributed by atoms with E-state index in [2.05, 4.69) is 28.9 Å². The number of imide groups is 2. The summed E-state index contributed by atoms with van der Waals surface area (Å²) in [6.45, 7) is 8.34. The van der Waals surface area contributed by atoms with E-state index in [0.29, 0.717) is 18.0 Å². The summed E-state index contributed by atoms with van der Waals surface area (Å²) in [6.07, 6.45) is 2.43. The lowest BCUT2D eigenvalue weighted by atomic mass is 10.1. The molecule has 3 aromatic rings. The molecule has 1 aromatic heterocycles. The molecule has 4 amide bonds. The number of barbiturate groups is 1. The molecule has 1 saturated heterocycles. The highest BCUT2D eigenvalue weighted by Crippen LogP contribution is 2.28. The molecule has 0 atom stereocenters. The monoisotopic (exact) mass is 457 g/mol. The van der Waals surface area contributed by atoms with Crippen molar-refractivity contribution in [2.24, 2.45) is 0 Å². The highest BCUT2D eigenvalue weighted by molar-refractivity contribution is 6.39. The molecule has 1 N–H and O–H groups in total. The van der Waals surface area contributed by atoms with Crippen LogP contribution in [0.15, 0.2) is 60.2 Å². The summed E-state index contributed by atoms with van der Waals surface area (Å²) in [6, 6.07) is 16.0. The van der Waals surface area contributed by atoms with Crippen molar-refractivity contribution >= 4 is 29.6 Å². The van der Waals surface area contributed by atoms with Crippen molar-refractivity contribution in [2.75, 3.05) is 11.5 Å². The fraction of sp³-hybridized carbons (Fsp3) is 0.222. The van der Waals surface area contributed by atoms with E-state index in [4.69, 9.17) is 4.74 Å². The van der Waals surface area contributed by atoms with Crippen LogP contribution in [0.1, 0.15) is 36.4 Å². The largest absolute Gasteiger partial charge is 0.494 e. The molecule has 0 saturated carbocycles. The maximum Gasteiger partial charge on any atom is 0.335 e. The van der Waals surface area contributed by atoms with Gasteiger partial charge < -0.3 is 9.30 Å². The predicted molar refractivity (Wildman–Crippen MR) is 131 cm³/mol. The van der Waals surface area contributed by atoms with Gasteiger partial charge in [-0.15, -0.1) is 0 Å². The van der Waals surface area contributed by atoms with Crippen LogP contribution < -0.4 is 15.0 Å². The number of urea groups is 1. The predicted octanol–water partition coefficient (Wildman–Crippen LogP) is 4.72. The van der Waals surface area contributed by atoms with Crippen molar-refractivity contribution < 1.29 is 19.1 Å². The number of para-hydroxylation sites is 1. The van der Waals surface area contributed by atoms with Crippen LogP contribution in [0.5, 0.6) is 5.75 Å². The Bertz CT molecular complexity index is 1320. The quantitative estimate of drug-likeness (QED) is 0.429. The molecule has 0 spiro atoms. The zero-order chi connectivity index (χ0) is 24.4. The van der Waals surface area contributed by atoms with Gasteiger partial charge in [0.25, 0.3) is 11.8 Å². The van der Waals surface area contributed by atoms with Crippen LogP contribution in [-0.2, 0) is 16.0 Å². The Balaban J connectivity index is 1.76. The van der Waals surface area contributed by atoms with Gasteiger partial charge in [-0.1, -0.05) is 31.2 Å². The molecule has 174 valence electrons. The standard InChI is InChI=1S/C27H27N3O4/c1-5-19-10-7-8-13-24(19)29-17(3)14-20(18(29)4)15-23-25(31)28-27(33)30(26(23)32)21-11-9-12-22(16-21)34-6-2/h7-16H,5-6H2,1-4H3,(H,28,31,33)/b23-15+. The second-order valence-electron chi connectivity index (χ2n) is 8.03. The lowest BCUT2D eigenvalue weighted by Gasteiger charge is -2.26. The maximum absolute atomic E-state index is 13.3. The number of aryl methyl sites for hydroxylation is 2. The van der Waals surface area contributed by atoms with Crippen LogP contribution in [-0.4, -0.2) is 29.0 Å². The summed E-state index contributed by atoms with van der Waals surface area (Å²) in [4.78, 5) is 39.5. The minimum Gasteiger partial charge on any atom is -0.494 e. The van der Waals surface area contributed by atoms with Gasteiger partial charge in [-0.2, -0.15) is 0 Å². The molecule has 1 aliphatic heterocycles. The van der Waals surface area contributed by atoms with Crippen molar-refractivity contribution in [3.63, 3.8) is 0 Å². The minimum atomic E-state index is -0.789. The lowest BCUT2D eigenvalue weighted by molar-refractivity contribution is -0.122. The van der Waals surface area contributed by atoms with Crippen LogP contribution >= 0.6 is 0 Å². The van der Waals surface area contributed by atoms with Crippen LogP contribution in [0.2, 0.25) is 0 Å². The Kier molecular flexibility index (Phi) is 6.36. The molecular weight excluding hydrogens is 430 g/mol. The molecule has 4 rings (SSSR count). The Hall–Kier alpha value is -4.13. The van der Waals surface area contributed by atoms with Gasteiger partial charge in [-0.3, -0.25) is 14.9 Å². The van der Waals surface area contributed by atoms with E-state index < -0.39 is 17.8 Å². The fourth-order valence-corrected chi connectivity index (χ4v) is 4.26. The summed E-state index contributed by atoms with van der Waals surface area (Å²) in [5, 5.41) is 2.28. The van der Waals surface area contributed by atoms with Crippen LogP contribution in [0, 0.1) is 13.8 Å². The third kappa shape index (κ3) is 4.12. The number of aromatic nitrogens is 1. The first-order valence-electron chi connectivity index (χ1n) is 11.3. The van der Waals surface area contributed by atoms with Gasteiger partial charge in [0.1, 0.15) is 11.3 Å². The second-order valence-corrected chi connectivity index (χ2v) is 8.03. The number of anilines is 1. The van der Waals surface area contributed by atoms with Crippen LogP contribution in [0.3, 0.4) is 0 Å². The number of carbonyl (C=O) groups is 3. The van der Waals surface area contributed by atoms with E-state index in [0.717, 1.165) is 34.0 Å². The average Bonchev–Trinajstić information content (AvgIpc) is 3.09. The first-order valence-corrected chi connectivity index (χ1v) is 11.3. The highest BCUT2D eigenvalue weighted by atomic mass is 16.5. The topological polar surface area (TPSA) is 80.6 Å². The third-order valence-electron chi connectivity index (χ3n) is 5.87. The molecule has 34 heavy (non-hydrogen) atoms. The molecule has 0 aliphatic carbocycles. The van der Waals surface area contributed by atoms with E-state index in [1.165, 1.54) is 5.56 Å². The van der Waals surface area contributed by atoms with E-state index >= 15 is 0 Å². The zero-order valence-corrected chi connectivity index (χ0v) is 19.7. The summed E-state index contributed by atoms with van der Waals surface area (Å²) in [7, 11) is 0. The third-order valence-corrected chi connectivity index (χ3v) is 5.87. The Morgan fingerprint density at radius 1 is 0.971 bits per heavy atom. The van der Waals surface area contributed by atoms with Gasteiger partial charge in [0.15, 0.2) is 0 Å². The van der Waals surface area contributed by atoms with Crippen molar-refractivity contribution in [3.8, 4) is 11.4 Å². The number of ether oxygens (including phenoxy) is 1. The molecule has 7 nitrogen and oxygen atoms in total. The number of hydrogen-bond donors (Lipinski definition) is 1. The van der Waals surface area contributed by atoms with E-state index in [1.807, 2.05) is 39.0 Å². The van der Waals surface area contributed by atoms with Gasteiger partial charge >= 0.3 is 6.03 Å². The van der Waals surface area contributed by atoms with Crippen molar-refractivity contribution in [2.45, 2.75) is 34.1 Å². The summed E-state index contributed by atoms with van der Waals surface area (Å²) in [5.74, 6) is -0.867. The molecule has 0 bridgehead atoms. The molecule has 1 aliphatic rings. The van der Waals surface area contributed by atoms with E-state index in [9.17, 15) is 14.4 Å². The van der Waals surface area contributed by atoms with Gasteiger partial charge in [0.05, 0.1) is 12.3 Å². The molecule has 7 heteroatoms. The number of carbonyl (C=O) groups excluding carboxylic acids is 3. The number of amides is 4. The van der Waals surface area contributed by atoms with Crippen LogP contribution in [0.25, 0.3) is 11.8 Å². The normalized spacial score (nSPS) is 15.1. The smallest absolute Gasteiger partial charge is 0.335 e. The summed E-state index contributed by atoms with van der Waals surface area (Å²) < 4.78 is 7.61. The number of nitrogens with zero attached hydrogens (tertiary/aromatic N) is 2. The average molecular weight is 458 g/mol. The summed E-state index contributed by atoms with van der Waals surface area (Å²) in [5.41, 5.74) is 5.09. The first-order chi connectivity index (χ1) is 16.3. The Morgan fingerprint density at radius 2 is 1.74 bits per heavy atom. The lowest BCUT2D eigenvalue weighted by Crippen LogP contribution is -2.54. The maximum atomic E-state index is 13.3. The number of nitrogens with one attached hydrogen (secondary N) is 1.